The van der Waals surface area contributed by atoms with Crippen LogP contribution in [-0.4, -0.2) is 20.6 Å². The predicted molar refractivity (Wildman–Crippen MR) is 88.9 cm³/mol. The lowest BCUT2D eigenvalue weighted by Gasteiger charge is -2.11. The van der Waals surface area contributed by atoms with Gasteiger partial charge in [0.1, 0.15) is 5.82 Å². The molecular formula is C14H14FN3O2S2. The molecule has 0 aromatic heterocycles. The lowest BCUT2D eigenvalue weighted by molar-refractivity contribution is 0.598. The van der Waals surface area contributed by atoms with E-state index >= 15 is 0 Å². The summed E-state index contributed by atoms with van der Waals surface area (Å²) in [6.45, 7) is 0. The highest BCUT2D eigenvalue weighted by Gasteiger charge is 2.16. The fourth-order valence-corrected chi connectivity index (χ4v) is 2.91. The minimum Gasteiger partial charge on any atom is -0.366 e. The minimum atomic E-state index is -3.89. The first-order chi connectivity index (χ1) is 10.4. The van der Waals surface area contributed by atoms with E-state index in [0.29, 0.717) is 10.8 Å². The van der Waals surface area contributed by atoms with E-state index in [4.69, 9.17) is 12.2 Å². The summed E-state index contributed by atoms with van der Waals surface area (Å²) in [6.07, 6.45) is 0. The zero-order valence-electron chi connectivity index (χ0n) is 11.6. The van der Waals surface area contributed by atoms with E-state index in [1.807, 2.05) is 0 Å². The molecule has 0 fully saturated rings. The molecular weight excluding hydrogens is 325 g/mol. The average Bonchev–Trinajstić information content (AvgIpc) is 2.49. The van der Waals surface area contributed by atoms with Crippen LogP contribution in [0.4, 0.5) is 15.8 Å². The van der Waals surface area contributed by atoms with E-state index in [1.165, 1.54) is 30.3 Å². The molecule has 116 valence electrons. The molecule has 0 spiro atoms. The van der Waals surface area contributed by atoms with Crippen LogP contribution in [0.25, 0.3) is 0 Å². The van der Waals surface area contributed by atoms with E-state index in [-0.39, 0.29) is 10.6 Å². The molecule has 3 N–H and O–H groups in total. The van der Waals surface area contributed by atoms with Crippen molar-refractivity contribution in [2.75, 3.05) is 17.1 Å². The number of para-hydroxylation sites is 1. The Balaban J connectivity index is 2.28. The second-order valence-electron chi connectivity index (χ2n) is 4.32. The standard InChI is InChI=1S/C14H14FN3O2S2/c1-16-14(21)17-10-5-4-6-11(9-10)22(19,20)18-13-8-3-2-7-12(13)15/h2-9,18H,1H3,(H2,16,17,21). The SMILES string of the molecule is CNC(=S)Nc1cccc(S(=O)(=O)Nc2ccccc2F)c1. The first-order valence-electron chi connectivity index (χ1n) is 6.28. The summed E-state index contributed by atoms with van der Waals surface area (Å²) in [7, 11) is -2.25. The van der Waals surface area contributed by atoms with Crippen LogP contribution in [0.3, 0.4) is 0 Å². The molecule has 0 heterocycles. The third-order valence-corrected chi connectivity index (χ3v) is 4.42. The van der Waals surface area contributed by atoms with Gasteiger partial charge in [-0.25, -0.2) is 12.8 Å². The molecule has 22 heavy (non-hydrogen) atoms. The molecule has 0 unspecified atom stereocenters. The Labute approximate surface area is 133 Å². The predicted octanol–water partition coefficient (Wildman–Crippen LogP) is 2.54. The first kappa shape index (κ1) is 16.2. The van der Waals surface area contributed by atoms with Crippen molar-refractivity contribution in [1.82, 2.24) is 5.32 Å². The summed E-state index contributed by atoms with van der Waals surface area (Å²) in [5.41, 5.74) is 0.405. The molecule has 0 aliphatic rings. The largest absolute Gasteiger partial charge is 0.366 e. The van der Waals surface area contributed by atoms with Crippen molar-refractivity contribution in [3.63, 3.8) is 0 Å². The Morgan fingerprint density at radius 1 is 1.14 bits per heavy atom. The fraction of sp³-hybridized carbons (Fsp3) is 0.0714. The number of anilines is 2. The number of thiocarbonyl (C=S) groups is 1. The Morgan fingerprint density at radius 3 is 2.55 bits per heavy atom. The Bertz CT molecular complexity index is 794. The molecule has 0 radical (unpaired) electrons. The quantitative estimate of drug-likeness (QED) is 0.747. The molecule has 5 nitrogen and oxygen atoms in total. The Hall–Kier alpha value is -2.19. The van der Waals surface area contributed by atoms with Crippen LogP contribution in [0.1, 0.15) is 0 Å². The third-order valence-electron chi connectivity index (χ3n) is 2.75. The summed E-state index contributed by atoms with van der Waals surface area (Å²) in [5, 5.41) is 5.92. The van der Waals surface area contributed by atoms with Gasteiger partial charge in [0.15, 0.2) is 5.11 Å². The zero-order valence-corrected chi connectivity index (χ0v) is 13.3. The maximum Gasteiger partial charge on any atom is 0.262 e. The van der Waals surface area contributed by atoms with Gasteiger partial charge in [-0.2, -0.15) is 0 Å². The maximum atomic E-state index is 13.6. The van der Waals surface area contributed by atoms with E-state index in [9.17, 15) is 12.8 Å². The summed E-state index contributed by atoms with van der Waals surface area (Å²) in [4.78, 5) is -0.000318. The van der Waals surface area contributed by atoms with E-state index in [1.54, 1.807) is 25.2 Å². The molecule has 2 rings (SSSR count). The first-order valence-corrected chi connectivity index (χ1v) is 8.17. The van der Waals surface area contributed by atoms with Crippen LogP contribution in [0.5, 0.6) is 0 Å². The van der Waals surface area contributed by atoms with Gasteiger partial charge < -0.3 is 10.6 Å². The highest BCUT2D eigenvalue weighted by Crippen LogP contribution is 2.21. The third kappa shape index (κ3) is 3.92. The molecule has 2 aromatic rings. The number of hydrogen-bond donors (Lipinski definition) is 3. The Morgan fingerprint density at radius 2 is 1.86 bits per heavy atom. The summed E-state index contributed by atoms with van der Waals surface area (Å²) >= 11 is 4.96. The van der Waals surface area contributed by atoms with E-state index in [2.05, 4.69) is 15.4 Å². The van der Waals surface area contributed by atoms with Gasteiger partial charge in [0.25, 0.3) is 10.0 Å². The lowest BCUT2D eigenvalue weighted by atomic mass is 10.3. The molecule has 0 amide bonds. The van der Waals surface area contributed by atoms with Gasteiger partial charge >= 0.3 is 0 Å². The molecule has 0 bridgehead atoms. The number of sulfonamides is 1. The minimum absolute atomic E-state index is 0.000318. The molecule has 0 saturated carbocycles. The second-order valence-corrected chi connectivity index (χ2v) is 6.41. The van der Waals surface area contributed by atoms with Crippen molar-refractivity contribution < 1.29 is 12.8 Å². The normalized spacial score (nSPS) is 10.8. The molecule has 8 heteroatoms. The van der Waals surface area contributed by atoms with Crippen molar-refractivity contribution in [2.24, 2.45) is 0 Å². The van der Waals surface area contributed by atoms with Crippen LogP contribution in [-0.2, 0) is 10.0 Å². The van der Waals surface area contributed by atoms with E-state index in [0.717, 1.165) is 0 Å². The van der Waals surface area contributed by atoms with Crippen molar-refractivity contribution in [2.45, 2.75) is 4.90 Å². The Kier molecular flexibility index (Phi) is 4.94. The van der Waals surface area contributed by atoms with Crippen molar-refractivity contribution in [1.29, 1.82) is 0 Å². The van der Waals surface area contributed by atoms with Crippen molar-refractivity contribution in [3.05, 3.63) is 54.3 Å². The van der Waals surface area contributed by atoms with Gasteiger partial charge in [0.05, 0.1) is 10.6 Å². The summed E-state index contributed by atoms with van der Waals surface area (Å²) < 4.78 is 40.4. The zero-order chi connectivity index (χ0) is 16.2. The van der Waals surface area contributed by atoms with Crippen LogP contribution in [0, 0.1) is 5.82 Å². The summed E-state index contributed by atoms with van der Waals surface area (Å²) in [6, 6.07) is 11.6. The van der Waals surface area contributed by atoms with Crippen LogP contribution >= 0.6 is 12.2 Å². The maximum absolute atomic E-state index is 13.6. The second kappa shape index (κ2) is 6.71. The highest BCUT2D eigenvalue weighted by atomic mass is 32.2. The van der Waals surface area contributed by atoms with Crippen LogP contribution < -0.4 is 15.4 Å². The number of benzene rings is 2. The van der Waals surface area contributed by atoms with Crippen molar-refractivity contribution >= 4 is 38.7 Å². The fourth-order valence-electron chi connectivity index (χ4n) is 1.68. The number of rotatable bonds is 4. The molecule has 0 saturated heterocycles. The van der Waals surface area contributed by atoms with Crippen LogP contribution in [0.2, 0.25) is 0 Å². The number of nitrogens with one attached hydrogen (secondary N) is 3. The van der Waals surface area contributed by atoms with Gasteiger partial charge in [-0.05, 0) is 42.5 Å². The number of halogens is 1. The molecule has 2 aromatic carbocycles. The van der Waals surface area contributed by atoms with Gasteiger partial charge in [0.2, 0.25) is 0 Å². The van der Waals surface area contributed by atoms with Gasteiger partial charge in [-0.1, -0.05) is 18.2 Å². The topological polar surface area (TPSA) is 70.2 Å². The van der Waals surface area contributed by atoms with Crippen LogP contribution in [0.15, 0.2) is 53.4 Å². The summed E-state index contributed by atoms with van der Waals surface area (Å²) in [5.74, 6) is -0.642. The molecule has 0 atom stereocenters. The molecule has 0 aliphatic heterocycles. The lowest BCUT2D eigenvalue weighted by Crippen LogP contribution is -2.24. The molecule has 0 aliphatic carbocycles. The number of hydrogen-bond acceptors (Lipinski definition) is 3. The highest BCUT2D eigenvalue weighted by molar-refractivity contribution is 7.92. The van der Waals surface area contributed by atoms with Gasteiger partial charge in [-0.3, -0.25) is 4.72 Å². The van der Waals surface area contributed by atoms with Gasteiger partial charge in [-0.15, -0.1) is 0 Å². The average molecular weight is 339 g/mol. The monoisotopic (exact) mass is 339 g/mol. The smallest absolute Gasteiger partial charge is 0.262 e. The van der Waals surface area contributed by atoms with Gasteiger partial charge in [0, 0.05) is 12.7 Å². The van der Waals surface area contributed by atoms with Crippen molar-refractivity contribution in [3.8, 4) is 0 Å². The van der Waals surface area contributed by atoms with E-state index < -0.39 is 15.8 Å².